The van der Waals surface area contributed by atoms with Gasteiger partial charge in [0.15, 0.2) is 0 Å². The van der Waals surface area contributed by atoms with Gasteiger partial charge in [-0.15, -0.1) is 0 Å². The summed E-state index contributed by atoms with van der Waals surface area (Å²) >= 11 is 0. The molecule has 0 aromatic rings. The number of rotatable bonds is 10. The zero-order chi connectivity index (χ0) is 15.4. The minimum absolute atomic E-state index is 0.0835. The van der Waals surface area contributed by atoms with Gasteiger partial charge in [0.05, 0.1) is 6.61 Å². The standard InChI is InChI=1S/C16H28O4/c1-5-6-7-8-12-19-15(17)10-9-11-16(18)20-14(4)13(2)3/h6-7,13-14H,5,8-12H2,1-4H3/b7-6-. The largest absolute Gasteiger partial charge is 0.465 e. The van der Waals surface area contributed by atoms with E-state index in [-0.39, 0.29) is 30.9 Å². The van der Waals surface area contributed by atoms with E-state index in [9.17, 15) is 9.59 Å². The highest BCUT2D eigenvalue weighted by Gasteiger charge is 2.13. The maximum atomic E-state index is 11.5. The summed E-state index contributed by atoms with van der Waals surface area (Å²) in [5.74, 6) is -0.190. The Balaban J connectivity index is 3.60. The van der Waals surface area contributed by atoms with E-state index in [4.69, 9.17) is 9.47 Å². The zero-order valence-electron chi connectivity index (χ0n) is 13.2. The molecular weight excluding hydrogens is 256 g/mol. The third-order valence-corrected chi connectivity index (χ3v) is 2.97. The Bertz CT molecular complexity index is 308. The third kappa shape index (κ3) is 10.6. The molecule has 0 spiro atoms. The number of hydrogen-bond acceptors (Lipinski definition) is 4. The second-order valence-electron chi connectivity index (χ2n) is 5.18. The third-order valence-electron chi connectivity index (χ3n) is 2.97. The molecule has 0 aliphatic rings. The monoisotopic (exact) mass is 284 g/mol. The van der Waals surface area contributed by atoms with Crippen LogP contribution < -0.4 is 0 Å². The fourth-order valence-corrected chi connectivity index (χ4v) is 1.38. The lowest BCUT2D eigenvalue weighted by Crippen LogP contribution is -2.20. The van der Waals surface area contributed by atoms with Crippen LogP contribution in [0, 0.1) is 5.92 Å². The summed E-state index contributed by atoms with van der Waals surface area (Å²) in [5.41, 5.74) is 0. The molecule has 0 rings (SSSR count). The van der Waals surface area contributed by atoms with Gasteiger partial charge in [-0.1, -0.05) is 32.9 Å². The first kappa shape index (κ1) is 18.7. The van der Waals surface area contributed by atoms with E-state index in [1.165, 1.54) is 0 Å². The molecule has 0 aromatic carbocycles. The average molecular weight is 284 g/mol. The van der Waals surface area contributed by atoms with Crippen LogP contribution in [0.1, 0.15) is 59.8 Å². The molecule has 0 bridgehead atoms. The summed E-state index contributed by atoms with van der Waals surface area (Å²) in [7, 11) is 0. The van der Waals surface area contributed by atoms with Crippen molar-refractivity contribution >= 4 is 11.9 Å². The Morgan fingerprint density at radius 2 is 1.70 bits per heavy atom. The number of allylic oxidation sites excluding steroid dienone is 1. The number of carbonyl (C=O) groups excluding carboxylic acids is 2. The maximum absolute atomic E-state index is 11.5. The highest BCUT2D eigenvalue weighted by atomic mass is 16.5. The topological polar surface area (TPSA) is 52.6 Å². The molecule has 116 valence electrons. The lowest BCUT2D eigenvalue weighted by Gasteiger charge is -2.16. The molecule has 0 aliphatic heterocycles. The smallest absolute Gasteiger partial charge is 0.306 e. The van der Waals surface area contributed by atoms with Gasteiger partial charge >= 0.3 is 11.9 Å². The molecule has 0 aromatic heterocycles. The van der Waals surface area contributed by atoms with Crippen molar-refractivity contribution in [1.82, 2.24) is 0 Å². The van der Waals surface area contributed by atoms with Gasteiger partial charge in [-0.3, -0.25) is 9.59 Å². The first-order chi connectivity index (χ1) is 9.47. The summed E-state index contributed by atoms with van der Waals surface area (Å²) < 4.78 is 10.3. The van der Waals surface area contributed by atoms with Crippen molar-refractivity contribution in [2.24, 2.45) is 5.92 Å². The zero-order valence-corrected chi connectivity index (χ0v) is 13.2. The number of hydrogen-bond donors (Lipinski definition) is 0. The molecule has 0 saturated carbocycles. The Kier molecular flexibility index (Phi) is 10.7. The molecule has 4 nitrogen and oxygen atoms in total. The second-order valence-corrected chi connectivity index (χ2v) is 5.18. The van der Waals surface area contributed by atoms with E-state index >= 15 is 0 Å². The van der Waals surface area contributed by atoms with E-state index in [2.05, 4.69) is 6.92 Å². The van der Waals surface area contributed by atoms with Gasteiger partial charge in [0, 0.05) is 12.8 Å². The Hall–Kier alpha value is -1.32. The van der Waals surface area contributed by atoms with Crippen molar-refractivity contribution in [1.29, 1.82) is 0 Å². The Morgan fingerprint density at radius 1 is 1.05 bits per heavy atom. The van der Waals surface area contributed by atoms with Crippen molar-refractivity contribution in [2.75, 3.05) is 6.61 Å². The molecule has 0 heterocycles. The lowest BCUT2D eigenvalue weighted by atomic mass is 10.1. The molecule has 1 unspecified atom stereocenters. The summed E-state index contributed by atoms with van der Waals surface area (Å²) in [5, 5.41) is 0. The molecule has 0 N–H and O–H groups in total. The van der Waals surface area contributed by atoms with Crippen LogP contribution in [0.3, 0.4) is 0 Å². The minimum Gasteiger partial charge on any atom is -0.465 e. The van der Waals surface area contributed by atoms with Gasteiger partial charge in [0.1, 0.15) is 6.10 Å². The minimum atomic E-state index is -0.250. The molecule has 0 saturated heterocycles. The first-order valence-electron chi connectivity index (χ1n) is 7.47. The second kappa shape index (κ2) is 11.5. The van der Waals surface area contributed by atoms with E-state index in [0.717, 1.165) is 12.8 Å². The van der Waals surface area contributed by atoms with Crippen molar-refractivity contribution in [2.45, 2.75) is 65.9 Å². The van der Waals surface area contributed by atoms with Crippen LogP contribution >= 0.6 is 0 Å². The summed E-state index contributed by atoms with van der Waals surface area (Å²) in [6.07, 6.45) is 6.70. The average Bonchev–Trinajstić information content (AvgIpc) is 2.38. The lowest BCUT2D eigenvalue weighted by molar-refractivity contribution is -0.150. The van der Waals surface area contributed by atoms with Crippen LogP contribution in [0.4, 0.5) is 0 Å². The SMILES string of the molecule is CC/C=C\CCOC(=O)CCCC(=O)OC(C)C(C)C. The van der Waals surface area contributed by atoms with Gasteiger partial charge in [-0.2, -0.15) is 0 Å². The number of esters is 2. The number of carbonyl (C=O) groups is 2. The van der Waals surface area contributed by atoms with Crippen molar-refractivity contribution in [3.05, 3.63) is 12.2 Å². The molecule has 4 heteroatoms. The Labute approximate surface area is 122 Å². The van der Waals surface area contributed by atoms with Crippen LogP contribution in [0.5, 0.6) is 0 Å². The quantitative estimate of drug-likeness (QED) is 0.349. The van der Waals surface area contributed by atoms with Gasteiger partial charge in [-0.25, -0.2) is 0 Å². The molecule has 1 atom stereocenters. The first-order valence-corrected chi connectivity index (χ1v) is 7.47. The maximum Gasteiger partial charge on any atom is 0.306 e. The van der Waals surface area contributed by atoms with Crippen LogP contribution in [-0.4, -0.2) is 24.6 Å². The van der Waals surface area contributed by atoms with E-state index in [1.807, 2.05) is 32.9 Å². The van der Waals surface area contributed by atoms with E-state index in [0.29, 0.717) is 18.9 Å². The van der Waals surface area contributed by atoms with Gasteiger partial charge in [-0.05, 0) is 32.1 Å². The van der Waals surface area contributed by atoms with Gasteiger partial charge in [0.25, 0.3) is 0 Å². The van der Waals surface area contributed by atoms with Crippen molar-refractivity contribution in [3.63, 3.8) is 0 Å². The molecular formula is C16H28O4. The van der Waals surface area contributed by atoms with Crippen molar-refractivity contribution in [3.8, 4) is 0 Å². The molecule has 0 fully saturated rings. The molecule has 20 heavy (non-hydrogen) atoms. The predicted octanol–water partition coefficient (Wildman–Crippen LogP) is 3.64. The fourth-order valence-electron chi connectivity index (χ4n) is 1.38. The molecule has 0 aliphatic carbocycles. The molecule has 0 amide bonds. The van der Waals surface area contributed by atoms with E-state index in [1.54, 1.807) is 0 Å². The van der Waals surface area contributed by atoms with Crippen LogP contribution in [-0.2, 0) is 19.1 Å². The van der Waals surface area contributed by atoms with Crippen LogP contribution in [0.2, 0.25) is 0 Å². The van der Waals surface area contributed by atoms with Gasteiger partial charge < -0.3 is 9.47 Å². The predicted molar refractivity (Wildman–Crippen MR) is 79.3 cm³/mol. The fraction of sp³-hybridized carbons (Fsp3) is 0.750. The van der Waals surface area contributed by atoms with Crippen LogP contribution in [0.25, 0.3) is 0 Å². The summed E-state index contributed by atoms with van der Waals surface area (Å²) in [4.78, 5) is 22.9. The molecule has 0 radical (unpaired) electrons. The highest BCUT2D eigenvalue weighted by Crippen LogP contribution is 2.08. The summed E-state index contributed by atoms with van der Waals surface area (Å²) in [6.45, 7) is 8.34. The van der Waals surface area contributed by atoms with Gasteiger partial charge in [0.2, 0.25) is 0 Å². The van der Waals surface area contributed by atoms with Crippen molar-refractivity contribution < 1.29 is 19.1 Å². The highest BCUT2D eigenvalue weighted by molar-refractivity contribution is 5.72. The van der Waals surface area contributed by atoms with Crippen LogP contribution in [0.15, 0.2) is 12.2 Å². The summed E-state index contributed by atoms with van der Waals surface area (Å²) in [6, 6.07) is 0. The number of ether oxygens (including phenoxy) is 2. The Morgan fingerprint density at radius 3 is 2.30 bits per heavy atom. The van der Waals surface area contributed by atoms with E-state index < -0.39 is 0 Å². The normalized spacial score (nSPS) is 12.7.